The van der Waals surface area contributed by atoms with Crippen LogP contribution in [0.25, 0.3) is 16.7 Å². The smallest absolute Gasteiger partial charge is 0.230 e. The normalized spacial score (nSPS) is 14.4. The van der Waals surface area contributed by atoms with Crippen LogP contribution in [0.3, 0.4) is 0 Å². The number of rotatable bonds is 7. The highest BCUT2D eigenvalue weighted by Crippen LogP contribution is 2.29. The van der Waals surface area contributed by atoms with Crippen LogP contribution in [0.2, 0.25) is 0 Å². The van der Waals surface area contributed by atoms with Crippen molar-refractivity contribution in [3.63, 3.8) is 0 Å². The lowest BCUT2D eigenvalue weighted by molar-refractivity contribution is -0.133. The fraction of sp³-hybridized carbons (Fsp3) is 0.273. The fourth-order valence-corrected chi connectivity index (χ4v) is 5.50. The molecule has 1 saturated heterocycles. The summed E-state index contributed by atoms with van der Waals surface area (Å²) in [5.41, 5.74) is 5.25. The lowest BCUT2D eigenvalue weighted by atomic mass is 9.95. The first-order chi connectivity index (χ1) is 19.6. The number of aryl methyl sites for hydroxylation is 1. The first-order valence-corrected chi connectivity index (χ1v) is 14.0. The number of hydrogen-bond donors (Lipinski definition) is 0. The molecule has 6 rings (SSSR count). The Morgan fingerprint density at radius 2 is 1.52 bits per heavy atom. The molecule has 1 amide bonds. The van der Waals surface area contributed by atoms with Crippen molar-refractivity contribution in [1.82, 2.24) is 24.6 Å². The van der Waals surface area contributed by atoms with Gasteiger partial charge in [-0.25, -0.2) is 14.6 Å². The molecule has 3 heterocycles. The van der Waals surface area contributed by atoms with Crippen LogP contribution in [0.15, 0.2) is 91.1 Å². The highest BCUT2D eigenvalue weighted by molar-refractivity contribution is 5.88. The highest BCUT2D eigenvalue weighted by Gasteiger charge is 2.29. The van der Waals surface area contributed by atoms with Crippen molar-refractivity contribution >= 4 is 22.8 Å². The Bertz CT molecular complexity index is 1590. The first kappa shape index (κ1) is 25.7. The molecule has 0 spiro atoms. The Labute approximate surface area is 235 Å². The second kappa shape index (κ2) is 11.3. The third-order valence-corrected chi connectivity index (χ3v) is 7.74. The topological polar surface area (TPSA) is 67.2 Å². The molecule has 2 aromatic heterocycles. The van der Waals surface area contributed by atoms with E-state index in [0.717, 1.165) is 40.3 Å². The van der Waals surface area contributed by atoms with Gasteiger partial charge in [-0.3, -0.25) is 4.79 Å². The Balaban J connectivity index is 1.29. The van der Waals surface area contributed by atoms with E-state index in [-0.39, 0.29) is 11.8 Å². The Morgan fingerprint density at radius 3 is 2.20 bits per heavy atom. The molecule has 7 heteroatoms. The van der Waals surface area contributed by atoms with Gasteiger partial charge in [-0.15, -0.1) is 0 Å². The van der Waals surface area contributed by atoms with Crippen LogP contribution in [0.4, 0.5) is 5.82 Å². The molecule has 1 aliphatic rings. The molecule has 40 heavy (non-hydrogen) atoms. The summed E-state index contributed by atoms with van der Waals surface area (Å²) in [5.74, 6) is 1.75. The summed E-state index contributed by atoms with van der Waals surface area (Å²) in [6.45, 7) is 6.92. The molecule has 202 valence electrons. The minimum absolute atomic E-state index is 0.108. The van der Waals surface area contributed by atoms with Crippen LogP contribution in [-0.2, 0) is 11.2 Å². The number of hydrogen-bond acceptors (Lipinski definition) is 5. The van der Waals surface area contributed by atoms with E-state index < -0.39 is 0 Å². The number of para-hydroxylation sites is 1. The summed E-state index contributed by atoms with van der Waals surface area (Å²) < 4.78 is 1.89. The molecule has 1 aliphatic heterocycles. The van der Waals surface area contributed by atoms with Crippen LogP contribution in [0.1, 0.15) is 41.8 Å². The van der Waals surface area contributed by atoms with Gasteiger partial charge in [0.25, 0.3) is 0 Å². The largest absolute Gasteiger partial charge is 0.352 e. The van der Waals surface area contributed by atoms with Gasteiger partial charge < -0.3 is 9.80 Å². The van der Waals surface area contributed by atoms with Gasteiger partial charge in [0, 0.05) is 32.6 Å². The van der Waals surface area contributed by atoms with Crippen LogP contribution in [0, 0.1) is 6.92 Å². The first-order valence-electron chi connectivity index (χ1n) is 14.0. The number of carbonyl (C=O) groups is 1. The lowest BCUT2D eigenvalue weighted by Crippen LogP contribution is -2.50. The van der Waals surface area contributed by atoms with Crippen LogP contribution in [-0.4, -0.2) is 56.7 Å². The number of benzene rings is 3. The van der Waals surface area contributed by atoms with Gasteiger partial charge in [0.15, 0.2) is 5.65 Å². The molecule has 1 fully saturated rings. The number of amides is 1. The van der Waals surface area contributed by atoms with E-state index >= 15 is 0 Å². The van der Waals surface area contributed by atoms with Crippen molar-refractivity contribution < 1.29 is 4.79 Å². The third kappa shape index (κ3) is 5.19. The average Bonchev–Trinajstić information content (AvgIpc) is 3.43. The second-order valence-corrected chi connectivity index (χ2v) is 10.4. The number of anilines is 1. The molecule has 0 saturated carbocycles. The van der Waals surface area contributed by atoms with Crippen molar-refractivity contribution in [1.29, 1.82) is 0 Å². The second-order valence-electron chi connectivity index (χ2n) is 10.4. The molecule has 3 aromatic carbocycles. The zero-order valence-corrected chi connectivity index (χ0v) is 23.1. The monoisotopic (exact) mass is 530 g/mol. The van der Waals surface area contributed by atoms with Crippen molar-refractivity contribution in [3.05, 3.63) is 114 Å². The molecule has 1 atom stereocenters. The van der Waals surface area contributed by atoms with Crippen molar-refractivity contribution in [2.24, 2.45) is 0 Å². The van der Waals surface area contributed by atoms with Gasteiger partial charge in [-0.2, -0.15) is 5.10 Å². The number of piperazine rings is 1. The van der Waals surface area contributed by atoms with Gasteiger partial charge in [0.2, 0.25) is 5.91 Å². The van der Waals surface area contributed by atoms with Gasteiger partial charge in [-0.1, -0.05) is 85.3 Å². The molecule has 0 bridgehead atoms. The number of aromatic nitrogens is 4. The van der Waals surface area contributed by atoms with Crippen molar-refractivity contribution in [3.8, 4) is 5.69 Å². The SMILES string of the molecule is CC[C@H](C(=O)N1CCN(c2nc(Cc3ccc(C)cc3)nc3c2cnn3-c2ccccc2)CC1)c1ccccc1. The fourth-order valence-electron chi connectivity index (χ4n) is 5.50. The predicted octanol–water partition coefficient (Wildman–Crippen LogP) is 5.56. The summed E-state index contributed by atoms with van der Waals surface area (Å²) >= 11 is 0. The minimum Gasteiger partial charge on any atom is -0.352 e. The average molecular weight is 531 g/mol. The van der Waals surface area contributed by atoms with Crippen LogP contribution >= 0.6 is 0 Å². The lowest BCUT2D eigenvalue weighted by Gasteiger charge is -2.37. The van der Waals surface area contributed by atoms with E-state index in [1.165, 1.54) is 11.1 Å². The molecule has 0 radical (unpaired) electrons. The summed E-state index contributed by atoms with van der Waals surface area (Å²) in [5, 5.41) is 5.64. The summed E-state index contributed by atoms with van der Waals surface area (Å²) in [6, 6.07) is 28.7. The molecule has 7 nitrogen and oxygen atoms in total. The zero-order valence-electron chi connectivity index (χ0n) is 23.1. The Kier molecular flexibility index (Phi) is 7.27. The molecule has 0 N–H and O–H groups in total. The highest BCUT2D eigenvalue weighted by atomic mass is 16.2. The van der Waals surface area contributed by atoms with Gasteiger partial charge in [0.1, 0.15) is 11.6 Å². The zero-order chi connectivity index (χ0) is 27.5. The quantitative estimate of drug-likeness (QED) is 0.276. The molecule has 0 aliphatic carbocycles. The van der Waals surface area contributed by atoms with E-state index in [0.29, 0.717) is 32.6 Å². The Hall–Kier alpha value is -4.52. The van der Waals surface area contributed by atoms with Gasteiger partial charge in [-0.05, 0) is 36.6 Å². The van der Waals surface area contributed by atoms with Crippen molar-refractivity contribution in [2.75, 3.05) is 31.1 Å². The van der Waals surface area contributed by atoms with Gasteiger partial charge >= 0.3 is 0 Å². The Morgan fingerprint density at radius 1 is 0.850 bits per heavy atom. The standard InChI is InChI=1S/C33H34N6O/c1-3-28(26-10-6-4-7-11-26)33(40)38-20-18-37(19-21-38)31-29-23-34-39(27-12-8-5-9-13-27)32(29)36-30(35-31)22-25-16-14-24(2)15-17-25/h4-17,23,28H,3,18-22H2,1-2H3/t28-/m0/s1. The maximum absolute atomic E-state index is 13.5. The summed E-state index contributed by atoms with van der Waals surface area (Å²) in [4.78, 5) is 27.9. The number of nitrogens with zero attached hydrogens (tertiary/aromatic N) is 6. The number of carbonyl (C=O) groups excluding carboxylic acids is 1. The summed E-state index contributed by atoms with van der Waals surface area (Å²) in [6.07, 6.45) is 3.29. The number of fused-ring (bicyclic) bond motifs is 1. The van der Waals surface area contributed by atoms with Crippen LogP contribution in [0.5, 0.6) is 0 Å². The van der Waals surface area contributed by atoms with E-state index in [4.69, 9.17) is 15.1 Å². The molecular weight excluding hydrogens is 496 g/mol. The van der Waals surface area contributed by atoms with E-state index in [9.17, 15) is 4.79 Å². The third-order valence-electron chi connectivity index (χ3n) is 7.74. The van der Waals surface area contributed by atoms with E-state index in [1.807, 2.05) is 64.3 Å². The molecule has 0 unspecified atom stereocenters. The predicted molar refractivity (Wildman–Crippen MR) is 159 cm³/mol. The molecular formula is C33H34N6O. The van der Waals surface area contributed by atoms with Crippen molar-refractivity contribution in [2.45, 2.75) is 32.6 Å². The van der Waals surface area contributed by atoms with E-state index in [2.05, 4.69) is 55.1 Å². The maximum Gasteiger partial charge on any atom is 0.230 e. The van der Waals surface area contributed by atoms with E-state index in [1.54, 1.807) is 0 Å². The minimum atomic E-state index is -0.108. The molecule has 5 aromatic rings. The van der Waals surface area contributed by atoms with Gasteiger partial charge in [0.05, 0.1) is 23.2 Å². The van der Waals surface area contributed by atoms with Crippen LogP contribution < -0.4 is 4.90 Å². The summed E-state index contributed by atoms with van der Waals surface area (Å²) in [7, 11) is 0. The maximum atomic E-state index is 13.5.